The third-order valence-electron chi connectivity index (χ3n) is 3.43. The van der Waals surface area contributed by atoms with E-state index in [4.69, 9.17) is 9.84 Å². The number of hydrogen-bond acceptors (Lipinski definition) is 5. The van der Waals surface area contributed by atoms with Gasteiger partial charge < -0.3 is 20.1 Å². The zero-order valence-electron chi connectivity index (χ0n) is 11.7. The second kappa shape index (κ2) is 6.84. The van der Waals surface area contributed by atoms with E-state index in [0.29, 0.717) is 6.61 Å². The average molecular weight is 265 g/mol. The van der Waals surface area contributed by atoms with Crippen molar-refractivity contribution in [3.8, 4) is 0 Å². The van der Waals surface area contributed by atoms with Crippen LogP contribution in [0.25, 0.3) is 0 Å². The highest BCUT2D eigenvalue weighted by Crippen LogP contribution is 2.19. The Morgan fingerprint density at radius 2 is 2.42 bits per heavy atom. The van der Waals surface area contributed by atoms with E-state index in [1.165, 1.54) is 0 Å². The number of nitrogens with one attached hydrogen (secondary N) is 1. The normalized spacial score (nSPS) is 21.4. The summed E-state index contributed by atoms with van der Waals surface area (Å²) in [6.45, 7) is 7.43. The van der Waals surface area contributed by atoms with Gasteiger partial charge in [-0.1, -0.05) is 6.92 Å². The van der Waals surface area contributed by atoms with Crippen LogP contribution in [0.2, 0.25) is 0 Å². The molecule has 2 N–H and O–H groups in total. The van der Waals surface area contributed by atoms with Crippen LogP contribution in [-0.2, 0) is 4.74 Å². The summed E-state index contributed by atoms with van der Waals surface area (Å²) >= 11 is 0. The van der Waals surface area contributed by atoms with Crippen LogP contribution in [0.1, 0.15) is 25.6 Å². The lowest BCUT2D eigenvalue weighted by molar-refractivity contribution is 0.00355. The fourth-order valence-corrected chi connectivity index (χ4v) is 2.32. The molecule has 1 fully saturated rings. The topological polar surface area (TPSA) is 57.6 Å². The van der Waals surface area contributed by atoms with Crippen LogP contribution in [0.3, 0.4) is 0 Å². The highest BCUT2D eigenvalue weighted by atomic mass is 16.5. The van der Waals surface area contributed by atoms with Crippen molar-refractivity contribution in [2.75, 3.05) is 37.7 Å². The zero-order chi connectivity index (χ0) is 13.7. The Labute approximate surface area is 114 Å². The molecule has 19 heavy (non-hydrogen) atoms. The Bertz CT molecular complexity index is 383. The summed E-state index contributed by atoms with van der Waals surface area (Å²) in [5.74, 6) is 0. The fourth-order valence-electron chi connectivity index (χ4n) is 2.32. The van der Waals surface area contributed by atoms with Crippen molar-refractivity contribution in [3.63, 3.8) is 0 Å². The zero-order valence-corrected chi connectivity index (χ0v) is 11.7. The highest BCUT2D eigenvalue weighted by Gasteiger charge is 2.20. The number of anilines is 1. The number of nitrogens with zero attached hydrogens (tertiary/aromatic N) is 2. The lowest BCUT2D eigenvalue weighted by Crippen LogP contribution is -2.44. The van der Waals surface area contributed by atoms with Crippen LogP contribution in [0.4, 0.5) is 5.69 Å². The van der Waals surface area contributed by atoms with E-state index < -0.39 is 0 Å². The molecule has 0 aromatic carbocycles. The van der Waals surface area contributed by atoms with E-state index in [-0.39, 0.29) is 18.8 Å². The molecule has 2 atom stereocenters. The van der Waals surface area contributed by atoms with Crippen molar-refractivity contribution in [1.29, 1.82) is 0 Å². The van der Waals surface area contributed by atoms with Crippen molar-refractivity contribution >= 4 is 5.69 Å². The molecule has 0 radical (unpaired) electrons. The minimum atomic E-state index is -0.0888. The van der Waals surface area contributed by atoms with Crippen LogP contribution in [0, 0.1) is 0 Å². The van der Waals surface area contributed by atoms with Crippen LogP contribution in [0.15, 0.2) is 18.3 Å². The second-order valence-corrected chi connectivity index (χ2v) is 4.84. The van der Waals surface area contributed by atoms with E-state index in [9.17, 15) is 0 Å². The minimum absolute atomic E-state index is 0.0689. The Balaban J connectivity index is 2.01. The fraction of sp³-hybridized carbons (Fsp3) is 0.643. The first-order chi connectivity index (χ1) is 9.24. The number of pyridine rings is 1. The van der Waals surface area contributed by atoms with Gasteiger partial charge in [-0.15, -0.1) is 0 Å². The summed E-state index contributed by atoms with van der Waals surface area (Å²) in [5.41, 5.74) is 2.15. The smallest absolute Gasteiger partial charge is 0.0980 e. The van der Waals surface area contributed by atoms with E-state index in [2.05, 4.69) is 41.2 Å². The van der Waals surface area contributed by atoms with Crippen LogP contribution < -0.4 is 10.2 Å². The number of morpholine rings is 1. The summed E-state index contributed by atoms with van der Waals surface area (Å²) in [5, 5.41) is 12.5. The van der Waals surface area contributed by atoms with E-state index in [1.54, 1.807) is 0 Å². The lowest BCUT2D eigenvalue weighted by Gasteiger charge is -2.33. The van der Waals surface area contributed by atoms with Gasteiger partial charge in [0, 0.05) is 19.1 Å². The van der Waals surface area contributed by atoms with Gasteiger partial charge in [-0.25, -0.2) is 0 Å². The minimum Gasteiger partial charge on any atom is -0.394 e. The Kier molecular flexibility index (Phi) is 5.13. The third-order valence-corrected chi connectivity index (χ3v) is 3.43. The number of aromatic nitrogens is 1. The van der Waals surface area contributed by atoms with Crippen molar-refractivity contribution in [1.82, 2.24) is 10.3 Å². The number of aliphatic hydroxyl groups excluding tert-OH is 1. The average Bonchev–Trinajstić information content (AvgIpc) is 2.48. The quantitative estimate of drug-likeness (QED) is 0.830. The van der Waals surface area contributed by atoms with Crippen LogP contribution in [-0.4, -0.2) is 49.0 Å². The molecule has 2 heterocycles. The number of ether oxygens (including phenoxy) is 1. The highest BCUT2D eigenvalue weighted by molar-refractivity contribution is 5.45. The molecule has 0 saturated carbocycles. The molecule has 1 aliphatic rings. The first-order valence-electron chi connectivity index (χ1n) is 6.91. The van der Waals surface area contributed by atoms with Crippen molar-refractivity contribution < 1.29 is 9.84 Å². The summed E-state index contributed by atoms with van der Waals surface area (Å²) in [7, 11) is 0. The Hall–Kier alpha value is -1.17. The maximum atomic E-state index is 9.16. The second-order valence-electron chi connectivity index (χ2n) is 4.84. The predicted octanol–water partition coefficient (Wildman–Crippen LogP) is 0.950. The predicted molar refractivity (Wildman–Crippen MR) is 75.4 cm³/mol. The third kappa shape index (κ3) is 3.65. The molecule has 1 saturated heterocycles. The van der Waals surface area contributed by atoms with Crippen LogP contribution >= 0.6 is 0 Å². The molecule has 5 heteroatoms. The number of hydrogen-bond donors (Lipinski definition) is 2. The van der Waals surface area contributed by atoms with Crippen molar-refractivity contribution in [3.05, 3.63) is 24.0 Å². The maximum Gasteiger partial charge on any atom is 0.0980 e. The van der Waals surface area contributed by atoms with E-state index in [0.717, 1.165) is 31.0 Å². The van der Waals surface area contributed by atoms with Crippen LogP contribution in [0.5, 0.6) is 0 Å². The molecule has 0 aliphatic carbocycles. The summed E-state index contributed by atoms with van der Waals surface area (Å²) in [4.78, 5) is 6.72. The molecule has 2 unspecified atom stereocenters. The van der Waals surface area contributed by atoms with E-state index in [1.807, 2.05) is 6.20 Å². The molecular formula is C14H23N3O2. The van der Waals surface area contributed by atoms with Crippen molar-refractivity contribution in [2.45, 2.75) is 26.0 Å². The maximum absolute atomic E-state index is 9.16. The lowest BCUT2D eigenvalue weighted by atomic mass is 10.2. The monoisotopic (exact) mass is 265 g/mol. The Morgan fingerprint density at radius 1 is 1.58 bits per heavy atom. The molecule has 1 aromatic rings. The van der Waals surface area contributed by atoms with Gasteiger partial charge in [-0.05, 0) is 25.6 Å². The number of aliphatic hydroxyl groups is 1. The van der Waals surface area contributed by atoms with E-state index >= 15 is 0 Å². The summed E-state index contributed by atoms with van der Waals surface area (Å²) in [6.07, 6.45) is 1.82. The molecule has 5 nitrogen and oxygen atoms in total. The molecule has 2 rings (SSSR count). The van der Waals surface area contributed by atoms with Gasteiger partial charge >= 0.3 is 0 Å². The first kappa shape index (κ1) is 14.2. The molecule has 1 aliphatic heterocycles. The molecule has 0 bridgehead atoms. The van der Waals surface area contributed by atoms with Gasteiger partial charge in [0.1, 0.15) is 0 Å². The Morgan fingerprint density at radius 3 is 3.05 bits per heavy atom. The standard InChI is InChI=1S/C14H23N3O2/c1-3-15-11(2)14-5-4-12(8-16-14)17-6-7-19-13(9-17)10-18/h4-5,8,11,13,15,18H,3,6-7,9-10H2,1-2H3. The largest absolute Gasteiger partial charge is 0.394 e. The molecular weight excluding hydrogens is 242 g/mol. The number of rotatable bonds is 5. The summed E-state index contributed by atoms with van der Waals surface area (Å²) < 4.78 is 5.45. The van der Waals surface area contributed by atoms with Crippen molar-refractivity contribution in [2.24, 2.45) is 0 Å². The van der Waals surface area contributed by atoms with Gasteiger partial charge in [-0.2, -0.15) is 0 Å². The van der Waals surface area contributed by atoms with Gasteiger partial charge in [-0.3, -0.25) is 4.98 Å². The summed E-state index contributed by atoms with van der Waals surface area (Å²) in [6, 6.07) is 4.43. The molecule has 1 aromatic heterocycles. The first-order valence-corrected chi connectivity index (χ1v) is 6.91. The van der Waals surface area contributed by atoms with Gasteiger partial charge in [0.05, 0.1) is 36.9 Å². The molecule has 0 amide bonds. The molecule has 106 valence electrons. The van der Waals surface area contributed by atoms with Gasteiger partial charge in [0.2, 0.25) is 0 Å². The SMILES string of the molecule is CCNC(C)c1ccc(N2CCOC(CO)C2)cn1. The molecule has 0 spiro atoms. The van der Waals surface area contributed by atoms with Gasteiger partial charge in [0.25, 0.3) is 0 Å². The van der Waals surface area contributed by atoms with Gasteiger partial charge in [0.15, 0.2) is 0 Å².